The summed E-state index contributed by atoms with van der Waals surface area (Å²) < 4.78 is 5.65. The lowest BCUT2D eigenvalue weighted by Crippen LogP contribution is -2.30. The number of amides is 1. The Morgan fingerprint density at radius 2 is 2.11 bits per heavy atom. The van der Waals surface area contributed by atoms with Crippen LogP contribution in [-0.2, 0) is 4.79 Å². The summed E-state index contributed by atoms with van der Waals surface area (Å²) in [7, 11) is 0. The van der Waals surface area contributed by atoms with Gasteiger partial charge in [0.2, 0.25) is 0 Å². The first-order valence-corrected chi connectivity index (χ1v) is 6.83. The van der Waals surface area contributed by atoms with Crippen molar-refractivity contribution in [1.82, 2.24) is 4.98 Å². The standard InChI is InChI=1S/C14H16N2O2S/c1-9-6-4-5-7-12(9)18-11(3)13(17)16-14-15-8-10(2)19-14/h4-8,11H,1-3H3,(H,15,16,17)/t11-/m1/s1. The van der Waals surface area contributed by atoms with Crippen molar-refractivity contribution in [3.8, 4) is 5.75 Å². The number of anilines is 1. The third kappa shape index (κ3) is 3.54. The molecule has 100 valence electrons. The molecule has 1 N–H and O–H groups in total. The molecule has 0 aliphatic carbocycles. The van der Waals surface area contributed by atoms with Crippen LogP contribution in [0, 0.1) is 13.8 Å². The number of nitrogens with zero attached hydrogens (tertiary/aromatic N) is 1. The number of aryl methyl sites for hydroxylation is 2. The van der Waals surface area contributed by atoms with Gasteiger partial charge in [0, 0.05) is 11.1 Å². The third-order valence-corrected chi connectivity index (χ3v) is 3.45. The fourth-order valence-electron chi connectivity index (χ4n) is 1.55. The lowest BCUT2D eigenvalue weighted by Gasteiger charge is -2.15. The van der Waals surface area contributed by atoms with Crippen LogP contribution in [0.15, 0.2) is 30.5 Å². The second-order valence-electron chi connectivity index (χ2n) is 4.29. The molecular weight excluding hydrogens is 260 g/mol. The van der Waals surface area contributed by atoms with Crippen molar-refractivity contribution in [2.75, 3.05) is 5.32 Å². The van der Waals surface area contributed by atoms with E-state index < -0.39 is 6.10 Å². The van der Waals surface area contributed by atoms with Crippen molar-refractivity contribution < 1.29 is 9.53 Å². The summed E-state index contributed by atoms with van der Waals surface area (Å²) in [5.74, 6) is 0.526. The molecule has 0 radical (unpaired) electrons. The van der Waals surface area contributed by atoms with Crippen LogP contribution in [0.3, 0.4) is 0 Å². The van der Waals surface area contributed by atoms with Gasteiger partial charge in [0.1, 0.15) is 5.75 Å². The molecule has 0 fully saturated rings. The highest BCUT2D eigenvalue weighted by molar-refractivity contribution is 7.15. The van der Waals surface area contributed by atoms with Gasteiger partial charge in [-0.15, -0.1) is 11.3 Å². The molecule has 5 heteroatoms. The molecule has 0 bridgehead atoms. The van der Waals surface area contributed by atoms with Gasteiger partial charge in [-0.2, -0.15) is 0 Å². The van der Waals surface area contributed by atoms with Gasteiger partial charge in [0.25, 0.3) is 5.91 Å². The molecule has 0 aliphatic rings. The predicted octanol–water partition coefficient (Wildman–Crippen LogP) is 3.17. The van der Waals surface area contributed by atoms with Crippen LogP contribution in [0.1, 0.15) is 17.4 Å². The molecule has 4 nitrogen and oxygen atoms in total. The molecule has 1 aromatic heterocycles. The van der Waals surface area contributed by atoms with Gasteiger partial charge < -0.3 is 4.74 Å². The number of benzene rings is 1. The topological polar surface area (TPSA) is 51.2 Å². The van der Waals surface area contributed by atoms with Crippen molar-refractivity contribution >= 4 is 22.4 Å². The molecule has 1 aromatic carbocycles. The number of thiazole rings is 1. The van der Waals surface area contributed by atoms with E-state index >= 15 is 0 Å². The number of carbonyl (C=O) groups is 1. The Hall–Kier alpha value is -1.88. The highest BCUT2D eigenvalue weighted by atomic mass is 32.1. The maximum Gasteiger partial charge on any atom is 0.266 e. The minimum absolute atomic E-state index is 0.197. The Balaban J connectivity index is 1.98. The van der Waals surface area contributed by atoms with Gasteiger partial charge in [0.15, 0.2) is 11.2 Å². The van der Waals surface area contributed by atoms with E-state index in [1.807, 2.05) is 38.1 Å². The summed E-state index contributed by atoms with van der Waals surface area (Å²) in [6, 6.07) is 7.62. The van der Waals surface area contributed by atoms with Crippen LogP contribution in [-0.4, -0.2) is 17.0 Å². The zero-order valence-corrected chi connectivity index (χ0v) is 12.0. The molecule has 0 aliphatic heterocycles. The Morgan fingerprint density at radius 1 is 1.37 bits per heavy atom. The zero-order chi connectivity index (χ0) is 13.8. The first kappa shape index (κ1) is 13.5. The van der Waals surface area contributed by atoms with Crippen molar-refractivity contribution in [3.05, 3.63) is 40.9 Å². The molecule has 19 heavy (non-hydrogen) atoms. The summed E-state index contributed by atoms with van der Waals surface area (Å²) in [5.41, 5.74) is 1.01. The molecule has 0 unspecified atom stereocenters. The van der Waals surface area contributed by atoms with Crippen molar-refractivity contribution in [2.24, 2.45) is 0 Å². The second kappa shape index (κ2) is 5.84. The lowest BCUT2D eigenvalue weighted by molar-refractivity contribution is -0.122. The highest BCUT2D eigenvalue weighted by Gasteiger charge is 2.16. The number of rotatable bonds is 4. The second-order valence-corrected chi connectivity index (χ2v) is 5.53. The van der Waals surface area contributed by atoms with Crippen LogP contribution in [0.4, 0.5) is 5.13 Å². The van der Waals surface area contributed by atoms with Crippen LogP contribution >= 0.6 is 11.3 Å². The first-order chi connectivity index (χ1) is 9.06. The van der Waals surface area contributed by atoms with Crippen molar-refractivity contribution in [3.63, 3.8) is 0 Å². The van der Waals surface area contributed by atoms with Crippen LogP contribution in [0.25, 0.3) is 0 Å². The molecule has 2 rings (SSSR count). The van der Waals surface area contributed by atoms with Crippen LogP contribution in [0.2, 0.25) is 0 Å². The van der Waals surface area contributed by atoms with E-state index in [-0.39, 0.29) is 5.91 Å². The fourth-order valence-corrected chi connectivity index (χ4v) is 2.22. The van der Waals surface area contributed by atoms with E-state index in [9.17, 15) is 4.79 Å². The molecular formula is C14H16N2O2S. The van der Waals surface area contributed by atoms with E-state index in [1.54, 1.807) is 13.1 Å². The van der Waals surface area contributed by atoms with Crippen molar-refractivity contribution in [2.45, 2.75) is 26.9 Å². The summed E-state index contributed by atoms with van der Waals surface area (Å²) in [6.45, 7) is 5.62. The number of para-hydroxylation sites is 1. The average molecular weight is 276 g/mol. The number of aromatic nitrogens is 1. The monoisotopic (exact) mass is 276 g/mol. The summed E-state index contributed by atoms with van der Waals surface area (Å²) in [6.07, 6.45) is 1.16. The van der Waals surface area contributed by atoms with Gasteiger partial charge >= 0.3 is 0 Å². The quantitative estimate of drug-likeness (QED) is 0.933. The third-order valence-electron chi connectivity index (χ3n) is 2.62. The molecule has 1 amide bonds. The van der Waals surface area contributed by atoms with Gasteiger partial charge in [-0.1, -0.05) is 18.2 Å². The number of carbonyl (C=O) groups excluding carboxylic acids is 1. The number of hydrogen-bond donors (Lipinski definition) is 1. The lowest BCUT2D eigenvalue weighted by atomic mass is 10.2. The molecule has 0 saturated carbocycles. The molecule has 0 saturated heterocycles. The zero-order valence-electron chi connectivity index (χ0n) is 11.1. The van der Waals surface area contributed by atoms with E-state index in [1.165, 1.54) is 11.3 Å². The SMILES string of the molecule is Cc1cnc(NC(=O)[C@@H](C)Oc2ccccc2C)s1. The van der Waals surface area contributed by atoms with E-state index in [0.29, 0.717) is 5.13 Å². The van der Waals surface area contributed by atoms with Gasteiger partial charge in [-0.25, -0.2) is 4.98 Å². The Kier molecular flexibility index (Phi) is 4.16. The number of ether oxygens (including phenoxy) is 1. The number of nitrogens with one attached hydrogen (secondary N) is 1. The first-order valence-electron chi connectivity index (χ1n) is 6.02. The Bertz CT molecular complexity index is 580. The predicted molar refractivity (Wildman–Crippen MR) is 76.7 cm³/mol. The van der Waals surface area contributed by atoms with E-state index in [4.69, 9.17) is 4.74 Å². The van der Waals surface area contributed by atoms with Crippen LogP contribution in [0.5, 0.6) is 5.75 Å². The molecule has 0 spiro atoms. The van der Waals surface area contributed by atoms with E-state index in [0.717, 1.165) is 16.2 Å². The fraction of sp³-hybridized carbons (Fsp3) is 0.286. The molecule has 1 atom stereocenters. The van der Waals surface area contributed by atoms with Gasteiger partial charge in [-0.3, -0.25) is 10.1 Å². The maximum atomic E-state index is 12.0. The smallest absolute Gasteiger partial charge is 0.266 e. The number of hydrogen-bond acceptors (Lipinski definition) is 4. The van der Waals surface area contributed by atoms with E-state index in [2.05, 4.69) is 10.3 Å². The van der Waals surface area contributed by atoms with Gasteiger partial charge in [0.05, 0.1) is 0 Å². The minimum Gasteiger partial charge on any atom is -0.481 e. The molecule has 1 heterocycles. The normalized spacial score (nSPS) is 11.9. The van der Waals surface area contributed by atoms with Gasteiger partial charge in [-0.05, 0) is 32.4 Å². The molecule has 2 aromatic rings. The summed E-state index contributed by atoms with van der Waals surface area (Å²) in [5, 5.41) is 3.35. The largest absolute Gasteiger partial charge is 0.481 e. The minimum atomic E-state index is -0.565. The summed E-state index contributed by atoms with van der Waals surface area (Å²) in [4.78, 5) is 17.1. The summed E-state index contributed by atoms with van der Waals surface area (Å²) >= 11 is 1.44. The Morgan fingerprint density at radius 3 is 2.74 bits per heavy atom. The average Bonchev–Trinajstić information content (AvgIpc) is 2.77. The Labute approximate surface area is 116 Å². The highest BCUT2D eigenvalue weighted by Crippen LogP contribution is 2.20. The van der Waals surface area contributed by atoms with Crippen LogP contribution < -0.4 is 10.1 Å². The van der Waals surface area contributed by atoms with Crippen molar-refractivity contribution in [1.29, 1.82) is 0 Å². The maximum absolute atomic E-state index is 12.0.